The molecule has 48 heavy (non-hydrogen) atoms. The molecule has 0 aliphatic rings. The van der Waals surface area contributed by atoms with Gasteiger partial charge in [-0.05, 0) is 107 Å². The second-order valence-electron chi connectivity index (χ2n) is 17.2. The largest absolute Gasteiger partial charge is 0.466 e. The maximum Gasteiger partial charge on any atom is 0.305 e. The molecule has 0 saturated carbocycles. The highest BCUT2D eigenvalue weighted by Crippen LogP contribution is 2.26. The summed E-state index contributed by atoms with van der Waals surface area (Å²) in [7, 11) is 0. The van der Waals surface area contributed by atoms with E-state index in [0.29, 0.717) is 48.7 Å². The highest BCUT2D eigenvalue weighted by atomic mass is 16.5. The van der Waals surface area contributed by atoms with Gasteiger partial charge in [0.2, 0.25) is 0 Å². The predicted molar refractivity (Wildman–Crippen MR) is 201 cm³/mol. The summed E-state index contributed by atoms with van der Waals surface area (Å²) in [5.41, 5.74) is 0.647. The number of carbonyl (C=O) groups excluding carboxylic acids is 2. The Labute approximate surface area is 296 Å². The number of unbranched alkanes of at least 4 members (excludes halogenated alkanes) is 8. The fourth-order valence-electron chi connectivity index (χ4n) is 6.90. The Hall–Kier alpha value is -1.89. The standard InChI is InChI=1S/C41H77N3O4/c1-35(33-40(4,5)6)23-31-47-38(45)21-16-12-10-11-14-18-26-43(28-20-29-44-30-25-42-37(44)3)27-19-15-13-17-22-39(46)48-32-24-36(2)34-41(7,8)9/h25,30,35-36H,10-24,26-29,31-34H2,1-9H3. The van der Waals surface area contributed by atoms with Gasteiger partial charge in [0.15, 0.2) is 0 Å². The molecule has 0 saturated heterocycles. The van der Waals surface area contributed by atoms with Crippen LogP contribution in [0.1, 0.15) is 170 Å². The molecular weight excluding hydrogens is 598 g/mol. The Morgan fingerprint density at radius 3 is 1.52 bits per heavy atom. The molecule has 1 aromatic rings. The van der Waals surface area contributed by atoms with Crippen molar-refractivity contribution in [2.24, 2.45) is 22.7 Å². The van der Waals surface area contributed by atoms with E-state index in [2.05, 4.69) is 83.0 Å². The smallest absolute Gasteiger partial charge is 0.305 e. The molecule has 0 radical (unpaired) electrons. The third-order valence-electron chi connectivity index (χ3n) is 9.18. The number of aromatic nitrogens is 2. The van der Waals surface area contributed by atoms with Crippen molar-refractivity contribution in [3.63, 3.8) is 0 Å². The summed E-state index contributed by atoms with van der Waals surface area (Å²) in [5, 5.41) is 0. The molecule has 1 rings (SSSR count). The molecule has 0 amide bonds. The fourth-order valence-corrected chi connectivity index (χ4v) is 6.90. The van der Waals surface area contributed by atoms with Gasteiger partial charge in [0.25, 0.3) is 0 Å². The average Bonchev–Trinajstić information content (AvgIpc) is 3.38. The van der Waals surface area contributed by atoms with Crippen LogP contribution in [0.2, 0.25) is 0 Å². The number of ether oxygens (including phenoxy) is 2. The van der Waals surface area contributed by atoms with Crippen LogP contribution < -0.4 is 0 Å². The number of aryl methyl sites for hydroxylation is 2. The first-order valence-electron chi connectivity index (χ1n) is 19.7. The highest BCUT2D eigenvalue weighted by molar-refractivity contribution is 5.69. The number of carbonyl (C=O) groups is 2. The van der Waals surface area contributed by atoms with Crippen molar-refractivity contribution in [1.82, 2.24) is 14.5 Å². The van der Waals surface area contributed by atoms with Crippen LogP contribution in [-0.4, -0.2) is 59.2 Å². The number of imidazole rings is 1. The third-order valence-corrected chi connectivity index (χ3v) is 9.18. The molecule has 7 heteroatoms. The summed E-state index contributed by atoms with van der Waals surface area (Å²) >= 11 is 0. The molecule has 280 valence electrons. The maximum absolute atomic E-state index is 12.2. The molecule has 0 aliphatic heterocycles. The molecule has 2 atom stereocenters. The Bertz CT molecular complexity index is 962. The molecule has 7 nitrogen and oxygen atoms in total. The van der Waals surface area contributed by atoms with Gasteiger partial charge in [0.05, 0.1) is 13.2 Å². The minimum absolute atomic E-state index is 0.0313. The van der Waals surface area contributed by atoms with Crippen LogP contribution in [0, 0.1) is 29.6 Å². The molecule has 0 bridgehead atoms. The molecule has 0 fully saturated rings. The van der Waals surface area contributed by atoms with Gasteiger partial charge < -0.3 is 18.9 Å². The first-order valence-corrected chi connectivity index (χ1v) is 19.7. The fraction of sp³-hybridized carbons (Fsp3) is 0.878. The summed E-state index contributed by atoms with van der Waals surface area (Å²) in [6.45, 7) is 25.6. The lowest BCUT2D eigenvalue weighted by Gasteiger charge is -2.23. The lowest BCUT2D eigenvalue weighted by Crippen LogP contribution is -2.28. The van der Waals surface area contributed by atoms with E-state index in [9.17, 15) is 9.59 Å². The van der Waals surface area contributed by atoms with Gasteiger partial charge in [0.1, 0.15) is 5.82 Å². The highest BCUT2D eigenvalue weighted by Gasteiger charge is 2.17. The molecular formula is C41H77N3O4. The van der Waals surface area contributed by atoms with E-state index in [1.165, 1.54) is 32.1 Å². The number of nitrogens with zero attached hydrogens (tertiary/aromatic N) is 3. The van der Waals surface area contributed by atoms with E-state index in [1.54, 1.807) is 0 Å². The summed E-state index contributed by atoms with van der Waals surface area (Å²) in [4.78, 5) is 31.3. The molecule has 1 aromatic heterocycles. The molecule has 2 unspecified atom stereocenters. The van der Waals surface area contributed by atoms with Gasteiger partial charge in [-0.2, -0.15) is 0 Å². The van der Waals surface area contributed by atoms with Crippen molar-refractivity contribution in [3.8, 4) is 0 Å². The third kappa shape index (κ3) is 26.0. The zero-order chi connectivity index (χ0) is 35.8. The Kier molecular flexibility index (Phi) is 23.1. The van der Waals surface area contributed by atoms with Gasteiger partial charge in [0, 0.05) is 31.8 Å². The Morgan fingerprint density at radius 2 is 1.10 bits per heavy atom. The number of hydrogen-bond donors (Lipinski definition) is 0. The average molecular weight is 676 g/mol. The van der Waals surface area contributed by atoms with Crippen molar-refractivity contribution in [3.05, 3.63) is 18.2 Å². The quantitative estimate of drug-likeness (QED) is 0.0650. The minimum atomic E-state index is -0.0361. The summed E-state index contributed by atoms with van der Waals surface area (Å²) in [5.74, 6) is 2.18. The van der Waals surface area contributed by atoms with E-state index in [1.807, 2.05) is 6.20 Å². The Morgan fingerprint density at radius 1 is 0.688 bits per heavy atom. The van der Waals surface area contributed by atoms with Gasteiger partial charge in [-0.3, -0.25) is 9.59 Å². The van der Waals surface area contributed by atoms with Gasteiger partial charge in [-0.25, -0.2) is 4.98 Å². The zero-order valence-electron chi connectivity index (χ0n) is 33.0. The molecule has 0 aliphatic carbocycles. The van der Waals surface area contributed by atoms with Crippen LogP contribution in [0.5, 0.6) is 0 Å². The first-order chi connectivity index (χ1) is 22.6. The summed E-state index contributed by atoms with van der Waals surface area (Å²) < 4.78 is 13.2. The summed E-state index contributed by atoms with van der Waals surface area (Å²) in [6, 6.07) is 0. The SMILES string of the molecule is Cc1nccn1CCCN(CCCCCCCCC(=O)OCCC(C)CC(C)(C)C)CCCCCCC(=O)OCCC(C)CC(C)(C)C. The van der Waals surface area contributed by atoms with E-state index < -0.39 is 0 Å². The van der Waals surface area contributed by atoms with Crippen LogP contribution in [0.25, 0.3) is 0 Å². The van der Waals surface area contributed by atoms with Crippen molar-refractivity contribution in [2.45, 2.75) is 178 Å². The number of rotatable bonds is 28. The van der Waals surface area contributed by atoms with Crippen molar-refractivity contribution in [2.75, 3.05) is 32.8 Å². The molecule has 1 heterocycles. The number of hydrogen-bond acceptors (Lipinski definition) is 6. The second kappa shape index (κ2) is 25.1. The lowest BCUT2D eigenvalue weighted by atomic mass is 9.84. The molecule has 0 aromatic carbocycles. The predicted octanol–water partition coefficient (Wildman–Crippen LogP) is 10.6. The van der Waals surface area contributed by atoms with Crippen molar-refractivity contribution >= 4 is 11.9 Å². The second-order valence-corrected chi connectivity index (χ2v) is 17.2. The van der Waals surface area contributed by atoms with E-state index >= 15 is 0 Å². The van der Waals surface area contributed by atoms with Crippen LogP contribution >= 0.6 is 0 Å². The van der Waals surface area contributed by atoms with E-state index in [-0.39, 0.29) is 11.9 Å². The molecule has 0 N–H and O–H groups in total. The minimum Gasteiger partial charge on any atom is -0.466 e. The van der Waals surface area contributed by atoms with Gasteiger partial charge in [-0.15, -0.1) is 0 Å². The first kappa shape index (κ1) is 44.1. The summed E-state index contributed by atoms with van der Waals surface area (Å²) in [6.07, 6.45) is 21.7. The number of esters is 2. The van der Waals surface area contributed by atoms with Crippen LogP contribution in [0.3, 0.4) is 0 Å². The van der Waals surface area contributed by atoms with Crippen LogP contribution in [0.4, 0.5) is 0 Å². The van der Waals surface area contributed by atoms with Crippen LogP contribution in [0.15, 0.2) is 12.4 Å². The van der Waals surface area contributed by atoms with Gasteiger partial charge >= 0.3 is 11.9 Å². The maximum atomic E-state index is 12.2. The van der Waals surface area contributed by atoms with Crippen molar-refractivity contribution < 1.29 is 19.1 Å². The van der Waals surface area contributed by atoms with Crippen molar-refractivity contribution in [1.29, 1.82) is 0 Å². The Balaban J connectivity index is 2.20. The normalized spacial score (nSPS) is 13.5. The molecule has 0 spiro atoms. The van der Waals surface area contributed by atoms with E-state index in [4.69, 9.17) is 9.47 Å². The van der Waals surface area contributed by atoms with E-state index in [0.717, 1.165) is 96.2 Å². The topological polar surface area (TPSA) is 73.7 Å². The van der Waals surface area contributed by atoms with Crippen LogP contribution in [-0.2, 0) is 25.6 Å². The zero-order valence-corrected chi connectivity index (χ0v) is 33.0. The van der Waals surface area contributed by atoms with Gasteiger partial charge in [-0.1, -0.05) is 93.9 Å². The lowest BCUT2D eigenvalue weighted by molar-refractivity contribution is -0.145. The monoisotopic (exact) mass is 676 g/mol.